The molecule has 4 rings (SSSR count). The highest BCUT2D eigenvalue weighted by molar-refractivity contribution is 6.51. The van der Waals surface area contributed by atoms with Crippen LogP contribution in [0.1, 0.15) is 35.3 Å². The number of hydrogen-bond acceptors (Lipinski definition) is 5. The summed E-state index contributed by atoms with van der Waals surface area (Å²) < 4.78 is 5.40. The van der Waals surface area contributed by atoms with E-state index < -0.39 is 17.7 Å². The van der Waals surface area contributed by atoms with Crippen LogP contribution in [0.3, 0.4) is 0 Å². The standard InChI is InChI=1S/C26H23ClN2O4/c1-4-16-8-10-17(11-9-16)29-22(20-7-5-6-12-28-20)21(24(31)26(29)32)23(30)18-13-15(2)14-19(27)25(18)33-3/h5-14,22,30H,4H2,1-3H3/b23-21+. The first-order valence-electron chi connectivity index (χ1n) is 10.5. The number of anilines is 1. The molecule has 6 nitrogen and oxygen atoms in total. The Bertz CT molecular complexity index is 1250. The highest BCUT2D eigenvalue weighted by Gasteiger charge is 2.48. The molecule has 1 unspecified atom stereocenters. The predicted octanol–water partition coefficient (Wildman–Crippen LogP) is 5.24. The van der Waals surface area contributed by atoms with E-state index in [4.69, 9.17) is 16.3 Å². The van der Waals surface area contributed by atoms with E-state index in [1.165, 1.54) is 12.0 Å². The smallest absolute Gasteiger partial charge is 0.300 e. The third-order valence-corrected chi connectivity index (χ3v) is 5.96. The summed E-state index contributed by atoms with van der Waals surface area (Å²) in [6, 6.07) is 15.1. The summed E-state index contributed by atoms with van der Waals surface area (Å²) >= 11 is 6.32. The van der Waals surface area contributed by atoms with Crippen LogP contribution in [0, 0.1) is 6.92 Å². The molecule has 0 spiro atoms. The highest BCUT2D eigenvalue weighted by Crippen LogP contribution is 2.44. The fourth-order valence-corrected chi connectivity index (χ4v) is 4.42. The molecule has 1 aromatic heterocycles. The fourth-order valence-electron chi connectivity index (χ4n) is 4.07. The maximum Gasteiger partial charge on any atom is 0.300 e. The molecule has 1 aliphatic heterocycles. The first-order valence-corrected chi connectivity index (χ1v) is 10.9. The van der Waals surface area contributed by atoms with Gasteiger partial charge in [-0.25, -0.2) is 0 Å². The molecule has 0 bridgehead atoms. The Morgan fingerprint density at radius 3 is 2.48 bits per heavy atom. The quantitative estimate of drug-likeness (QED) is 0.318. The van der Waals surface area contributed by atoms with Crippen molar-refractivity contribution in [1.82, 2.24) is 4.98 Å². The molecule has 0 radical (unpaired) electrons. The first kappa shape index (κ1) is 22.6. The van der Waals surface area contributed by atoms with Crippen molar-refractivity contribution in [3.05, 3.63) is 93.8 Å². The number of aliphatic hydroxyl groups excluding tert-OH is 1. The molecule has 1 atom stereocenters. The molecule has 0 aliphatic carbocycles. The Balaban J connectivity index is 1.97. The Morgan fingerprint density at radius 1 is 1.15 bits per heavy atom. The lowest BCUT2D eigenvalue weighted by Gasteiger charge is -2.25. The van der Waals surface area contributed by atoms with Gasteiger partial charge in [0.15, 0.2) is 0 Å². The summed E-state index contributed by atoms with van der Waals surface area (Å²) in [7, 11) is 1.43. The number of aliphatic hydroxyl groups is 1. The molecule has 3 aromatic rings. The number of methoxy groups -OCH3 is 1. The van der Waals surface area contributed by atoms with Crippen molar-refractivity contribution in [3.8, 4) is 5.75 Å². The van der Waals surface area contributed by atoms with Crippen LogP contribution in [-0.2, 0) is 16.0 Å². The number of amides is 1. The average molecular weight is 463 g/mol. The molecule has 0 saturated carbocycles. The van der Waals surface area contributed by atoms with Crippen LogP contribution in [0.5, 0.6) is 5.75 Å². The lowest BCUT2D eigenvalue weighted by Crippen LogP contribution is -2.29. The molecule has 168 valence electrons. The van der Waals surface area contributed by atoms with E-state index >= 15 is 0 Å². The van der Waals surface area contributed by atoms with Gasteiger partial charge in [-0.05, 0) is 60.9 Å². The zero-order chi connectivity index (χ0) is 23.7. The largest absolute Gasteiger partial charge is 0.507 e. The van der Waals surface area contributed by atoms with Crippen molar-refractivity contribution in [2.45, 2.75) is 26.3 Å². The molecule has 1 fully saturated rings. The average Bonchev–Trinajstić information content (AvgIpc) is 3.09. The Hall–Kier alpha value is -3.64. The fraction of sp³-hybridized carbons (Fsp3) is 0.192. The van der Waals surface area contributed by atoms with Crippen molar-refractivity contribution >= 4 is 34.7 Å². The number of benzene rings is 2. The predicted molar refractivity (Wildman–Crippen MR) is 128 cm³/mol. The van der Waals surface area contributed by atoms with Gasteiger partial charge in [0.05, 0.1) is 29.0 Å². The summed E-state index contributed by atoms with van der Waals surface area (Å²) in [6.07, 6.45) is 2.43. The van der Waals surface area contributed by atoms with E-state index in [1.807, 2.05) is 26.0 Å². The number of aryl methyl sites for hydroxylation is 2. The minimum atomic E-state index is -0.914. The number of pyridine rings is 1. The minimum Gasteiger partial charge on any atom is -0.507 e. The lowest BCUT2D eigenvalue weighted by molar-refractivity contribution is -0.132. The normalized spacial score (nSPS) is 17.5. The molecule has 1 aliphatic rings. The van der Waals surface area contributed by atoms with Crippen LogP contribution in [0.4, 0.5) is 5.69 Å². The number of carbonyl (C=O) groups excluding carboxylic acids is 2. The van der Waals surface area contributed by atoms with E-state index in [1.54, 1.807) is 48.7 Å². The number of aromatic nitrogens is 1. The second-order valence-corrected chi connectivity index (χ2v) is 8.18. The van der Waals surface area contributed by atoms with E-state index in [2.05, 4.69) is 4.98 Å². The van der Waals surface area contributed by atoms with Gasteiger partial charge in [0, 0.05) is 11.9 Å². The Kier molecular flexibility index (Phi) is 6.20. The van der Waals surface area contributed by atoms with E-state index in [0.717, 1.165) is 17.5 Å². The van der Waals surface area contributed by atoms with Crippen molar-refractivity contribution in [2.75, 3.05) is 12.0 Å². The zero-order valence-electron chi connectivity index (χ0n) is 18.5. The maximum absolute atomic E-state index is 13.3. The number of halogens is 1. The van der Waals surface area contributed by atoms with Gasteiger partial charge in [0.2, 0.25) is 0 Å². The topological polar surface area (TPSA) is 79.7 Å². The number of hydrogen-bond donors (Lipinski definition) is 1. The van der Waals surface area contributed by atoms with Gasteiger partial charge in [-0.15, -0.1) is 0 Å². The summed E-state index contributed by atoms with van der Waals surface area (Å²) in [5.74, 6) is -1.69. The number of ketones is 1. The summed E-state index contributed by atoms with van der Waals surface area (Å²) in [4.78, 5) is 32.3. The third-order valence-electron chi connectivity index (χ3n) is 5.68. The van der Waals surface area contributed by atoms with E-state index in [9.17, 15) is 14.7 Å². The molecular weight excluding hydrogens is 440 g/mol. The highest BCUT2D eigenvalue weighted by atomic mass is 35.5. The van der Waals surface area contributed by atoms with Gasteiger partial charge in [0.1, 0.15) is 17.6 Å². The molecule has 1 N–H and O–H groups in total. The van der Waals surface area contributed by atoms with Crippen LogP contribution in [0.15, 0.2) is 66.4 Å². The monoisotopic (exact) mass is 462 g/mol. The van der Waals surface area contributed by atoms with Crippen LogP contribution >= 0.6 is 11.6 Å². The van der Waals surface area contributed by atoms with Crippen LogP contribution in [0.2, 0.25) is 5.02 Å². The molecule has 2 aromatic carbocycles. The van der Waals surface area contributed by atoms with E-state index in [0.29, 0.717) is 11.4 Å². The zero-order valence-corrected chi connectivity index (χ0v) is 19.3. The number of rotatable bonds is 5. The summed E-state index contributed by atoms with van der Waals surface area (Å²) in [5, 5.41) is 11.7. The summed E-state index contributed by atoms with van der Waals surface area (Å²) in [6.45, 7) is 3.85. The number of nitrogens with zero attached hydrogens (tertiary/aromatic N) is 2. The minimum absolute atomic E-state index is 0.0711. The van der Waals surface area contributed by atoms with Gasteiger partial charge >= 0.3 is 0 Å². The molecule has 1 saturated heterocycles. The van der Waals surface area contributed by atoms with Crippen LogP contribution in [0.25, 0.3) is 5.76 Å². The van der Waals surface area contributed by atoms with Gasteiger partial charge < -0.3 is 9.84 Å². The first-order chi connectivity index (χ1) is 15.9. The second-order valence-electron chi connectivity index (χ2n) is 7.77. The van der Waals surface area contributed by atoms with Crippen molar-refractivity contribution in [3.63, 3.8) is 0 Å². The lowest BCUT2D eigenvalue weighted by atomic mass is 9.97. The maximum atomic E-state index is 13.3. The van der Waals surface area contributed by atoms with Gasteiger partial charge in [-0.1, -0.05) is 36.7 Å². The molecular formula is C26H23ClN2O4. The van der Waals surface area contributed by atoms with Crippen LogP contribution in [-0.4, -0.2) is 28.9 Å². The number of carbonyl (C=O) groups is 2. The molecule has 33 heavy (non-hydrogen) atoms. The third kappa shape index (κ3) is 3.98. The van der Waals surface area contributed by atoms with Crippen LogP contribution < -0.4 is 9.64 Å². The molecule has 7 heteroatoms. The van der Waals surface area contributed by atoms with E-state index in [-0.39, 0.29) is 27.7 Å². The van der Waals surface area contributed by atoms with Crippen molar-refractivity contribution in [2.24, 2.45) is 0 Å². The Morgan fingerprint density at radius 2 is 1.88 bits per heavy atom. The van der Waals surface area contributed by atoms with Gasteiger partial charge in [-0.3, -0.25) is 19.5 Å². The second kappa shape index (κ2) is 9.08. The van der Waals surface area contributed by atoms with Crippen molar-refractivity contribution < 1.29 is 19.4 Å². The van der Waals surface area contributed by atoms with Crippen molar-refractivity contribution in [1.29, 1.82) is 0 Å². The Labute approximate surface area is 197 Å². The van der Waals surface area contributed by atoms with Gasteiger partial charge in [0.25, 0.3) is 11.7 Å². The van der Waals surface area contributed by atoms with Gasteiger partial charge in [-0.2, -0.15) is 0 Å². The number of ether oxygens (including phenoxy) is 1. The molecule has 1 amide bonds. The summed E-state index contributed by atoms with van der Waals surface area (Å²) in [5.41, 5.74) is 3.03. The number of Topliss-reactive ketones (excluding diaryl/α,β-unsaturated/α-hetero) is 1. The SMILES string of the molecule is CCc1ccc(N2C(=O)C(=O)/C(=C(/O)c3cc(C)cc(Cl)c3OC)C2c2ccccn2)cc1. The molecule has 2 heterocycles.